The molecule has 0 fully saturated rings. The van der Waals surface area contributed by atoms with Crippen molar-refractivity contribution in [1.82, 2.24) is 4.98 Å². The smallest absolute Gasteiger partial charge is 0.263 e. The quantitative estimate of drug-likeness (QED) is 0.913. The van der Waals surface area contributed by atoms with Crippen LogP contribution in [0.5, 0.6) is 5.75 Å². The van der Waals surface area contributed by atoms with E-state index in [2.05, 4.69) is 9.71 Å². The molecule has 0 bridgehead atoms. The number of nitrogens with zero attached hydrogens (tertiary/aromatic N) is 2. The van der Waals surface area contributed by atoms with Gasteiger partial charge in [0.2, 0.25) is 0 Å². The summed E-state index contributed by atoms with van der Waals surface area (Å²) < 4.78 is 32.0. The summed E-state index contributed by atoms with van der Waals surface area (Å²) in [5.74, 6) is 0.667. The molecule has 1 aromatic heterocycles. The third kappa shape index (κ3) is 3.70. The highest BCUT2D eigenvalue weighted by molar-refractivity contribution is 7.92. The second-order valence-electron chi connectivity index (χ2n) is 4.05. The number of ether oxygens (including phenoxy) is 1. The third-order valence-electron chi connectivity index (χ3n) is 2.58. The van der Waals surface area contributed by atoms with Gasteiger partial charge in [-0.25, -0.2) is 13.4 Å². The molecule has 1 N–H and O–H groups in total. The van der Waals surface area contributed by atoms with Gasteiger partial charge in [0.15, 0.2) is 0 Å². The number of sulfonamides is 1. The molecule has 1 heterocycles. The number of benzene rings is 1. The maximum Gasteiger partial charge on any atom is 0.263 e. The first-order chi connectivity index (χ1) is 10.0. The van der Waals surface area contributed by atoms with Gasteiger partial charge in [0.25, 0.3) is 10.0 Å². The highest BCUT2D eigenvalue weighted by atomic mass is 32.2. The van der Waals surface area contributed by atoms with Gasteiger partial charge in [-0.2, -0.15) is 5.26 Å². The monoisotopic (exact) mass is 303 g/mol. The van der Waals surface area contributed by atoms with Crippen molar-refractivity contribution in [3.8, 4) is 11.8 Å². The van der Waals surface area contributed by atoms with Crippen molar-refractivity contribution in [2.45, 2.75) is 11.8 Å². The van der Waals surface area contributed by atoms with Crippen LogP contribution >= 0.6 is 0 Å². The number of nitrogens with one attached hydrogen (secondary N) is 1. The molecule has 0 aliphatic rings. The van der Waals surface area contributed by atoms with Gasteiger partial charge in [-0.1, -0.05) is 0 Å². The molecule has 6 nitrogen and oxygen atoms in total. The lowest BCUT2D eigenvalue weighted by Gasteiger charge is -2.09. The Kier molecular flexibility index (Phi) is 4.40. The van der Waals surface area contributed by atoms with E-state index < -0.39 is 10.0 Å². The molecule has 108 valence electrons. The van der Waals surface area contributed by atoms with Crippen LogP contribution < -0.4 is 9.46 Å². The van der Waals surface area contributed by atoms with Crippen LogP contribution in [-0.4, -0.2) is 20.0 Å². The summed E-state index contributed by atoms with van der Waals surface area (Å²) in [6, 6.07) is 11.1. The normalized spacial score (nSPS) is 10.7. The fraction of sp³-hybridized carbons (Fsp3) is 0.143. The summed E-state index contributed by atoms with van der Waals surface area (Å²) in [6.45, 7) is 2.41. The van der Waals surface area contributed by atoms with Gasteiger partial charge >= 0.3 is 0 Å². The largest absolute Gasteiger partial charge is 0.494 e. The molecule has 0 aliphatic heterocycles. The van der Waals surface area contributed by atoms with E-state index >= 15 is 0 Å². The van der Waals surface area contributed by atoms with Crippen LogP contribution in [0.1, 0.15) is 12.6 Å². The van der Waals surface area contributed by atoms with Crippen molar-refractivity contribution in [3.05, 3.63) is 48.3 Å². The molecule has 0 amide bonds. The Morgan fingerprint density at radius 2 is 1.95 bits per heavy atom. The predicted molar refractivity (Wildman–Crippen MR) is 77.4 cm³/mol. The van der Waals surface area contributed by atoms with Crippen molar-refractivity contribution in [2.24, 2.45) is 0 Å². The molecule has 0 saturated heterocycles. The Labute approximate surface area is 123 Å². The Balaban J connectivity index is 2.18. The molecule has 0 spiro atoms. The van der Waals surface area contributed by atoms with Crippen molar-refractivity contribution < 1.29 is 13.2 Å². The number of pyridine rings is 1. The fourth-order valence-corrected chi connectivity index (χ4v) is 2.61. The van der Waals surface area contributed by atoms with Crippen LogP contribution in [0, 0.1) is 11.3 Å². The van der Waals surface area contributed by atoms with Gasteiger partial charge in [0.05, 0.1) is 6.61 Å². The fourth-order valence-electron chi connectivity index (χ4n) is 1.61. The molecule has 21 heavy (non-hydrogen) atoms. The molecule has 0 atom stereocenters. The van der Waals surface area contributed by atoms with Crippen molar-refractivity contribution >= 4 is 15.7 Å². The maximum absolute atomic E-state index is 12.1. The zero-order valence-electron chi connectivity index (χ0n) is 11.3. The molecule has 2 rings (SSSR count). The van der Waals surface area contributed by atoms with Gasteiger partial charge < -0.3 is 4.74 Å². The standard InChI is InChI=1S/C14H13N3O3S/c1-2-20-13-6-3-11(4-7-13)17-21(18,19)14-8-5-12(9-15)16-10-14/h3-8,10,17H,2H2,1H3. The predicted octanol–water partition coefficient (Wildman–Crippen LogP) is 2.15. The number of hydrogen-bond donors (Lipinski definition) is 1. The summed E-state index contributed by atoms with van der Waals surface area (Å²) in [6.07, 6.45) is 1.15. The molecule has 1 aromatic carbocycles. The molecule has 0 saturated carbocycles. The van der Waals surface area contributed by atoms with E-state index in [0.717, 1.165) is 6.20 Å². The Morgan fingerprint density at radius 3 is 2.48 bits per heavy atom. The number of nitriles is 1. The molecular formula is C14H13N3O3S. The Morgan fingerprint density at radius 1 is 1.24 bits per heavy atom. The lowest BCUT2D eigenvalue weighted by molar-refractivity contribution is 0.340. The van der Waals surface area contributed by atoms with Crippen LogP contribution in [0.3, 0.4) is 0 Å². The van der Waals surface area contributed by atoms with Crippen molar-refractivity contribution in [1.29, 1.82) is 5.26 Å². The molecular weight excluding hydrogens is 290 g/mol. The van der Waals surface area contributed by atoms with Crippen LogP contribution in [0.15, 0.2) is 47.5 Å². The molecule has 7 heteroatoms. The van der Waals surface area contributed by atoms with E-state index in [-0.39, 0.29) is 10.6 Å². The van der Waals surface area contributed by atoms with Crippen LogP contribution in [0.25, 0.3) is 0 Å². The molecule has 0 aliphatic carbocycles. The lowest BCUT2D eigenvalue weighted by Crippen LogP contribution is -2.13. The average molecular weight is 303 g/mol. The van der Waals surface area contributed by atoms with E-state index in [1.807, 2.05) is 13.0 Å². The average Bonchev–Trinajstić information content (AvgIpc) is 2.49. The lowest BCUT2D eigenvalue weighted by atomic mass is 10.3. The van der Waals surface area contributed by atoms with Crippen molar-refractivity contribution in [3.63, 3.8) is 0 Å². The van der Waals surface area contributed by atoms with Gasteiger partial charge in [-0.05, 0) is 43.3 Å². The summed E-state index contributed by atoms with van der Waals surface area (Å²) in [4.78, 5) is 3.74. The van der Waals surface area contributed by atoms with Gasteiger partial charge in [-0.3, -0.25) is 4.72 Å². The second-order valence-corrected chi connectivity index (χ2v) is 5.74. The number of hydrogen-bond acceptors (Lipinski definition) is 5. The first-order valence-corrected chi connectivity index (χ1v) is 7.65. The minimum Gasteiger partial charge on any atom is -0.494 e. The number of rotatable bonds is 5. The highest BCUT2D eigenvalue weighted by Crippen LogP contribution is 2.19. The Hall–Kier alpha value is -2.59. The van der Waals surface area contributed by atoms with Gasteiger partial charge in [0.1, 0.15) is 22.4 Å². The Bertz CT molecular complexity index is 748. The molecule has 0 unspecified atom stereocenters. The number of anilines is 1. The maximum atomic E-state index is 12.1. The van der Waals surface area contributed by atoms with E-state index in [1.54, 1.807) is 24.3 Å². The minimum atomic E-state index is -3.73. The summed E-state index contributed by atoms with van der Waals surface area (Å²) in [7, 11) is -3.73. The van der Waals surface area contributed by atoms with Gasteiger partial charge in [-0.15, -0.1) is 0 Å². The molecule has 2 aromatic rings. The third-order valence-corrected chi connectivity index (χ3v) is 3.95. The van der Waals surface area contributed by atoms with Crippen molar-refractivity contribution in [2.75, 3.05) is 11.3 Å². The minimum absolute atomic E-state index is 0.00427. The highest BCUT2D eigenvalue weighted by Gasteiger charge is 2.14. The first-order valence-electron chi connectivity index (χ1n) is 6.17. The van der Waals surface area contributed by atoms with Crippen LogP contribution in [-0.2, 0) is 10.0 Å². The SMILES string of the molecule is CCOc1ccc(NS(=O)(=O)c2ccc(C#N)nc2)cc1. The van der Waals surface area contributed by atoms with E-state index in [1.165, 1.54) is 12.1 Å². The zero-order valence-corrected chi connectivity index (χ0v) is 12.1. The molecule has 0 radical (unpaired) electrons. The summed E-state index contributed by atoms with van der Waals surface area (Å²) in [5.41, 5.74) is 0.581. The zero-order chi connectivity index (χ0) is 15.3. The van der Waals surface area contributed by atoms with Gasteiger partial charge in [0, 0.05) is 11.9 Å². The van der Waals surface area contributed by atoms with Crippen LogP contribution in [0.4, 0.5) is 5.69 Å². The van der Waals surface area contributed by atoms with E-state index in [4.69, 9.17) is 10.00 Å². The number of aromatic nitrogens is 1. The first kappa shape index (κ1) is 14.8. The summed E-state index contributed by atoms with van der Waals surface area (Å²) >= 11 is 0. The second kappa shape index (κ2) is 6.24. The van der Waals surface area contributed by atoms with E-state index in [9.17, 15) is 8.42 Å². The summed E-state index contributed by atoms with van der Waals surface area (Å²) in [5, 5.41) is 8.65. The topological polar surface area (TPSA) is 92.1 Å². The van der Waals surface area contributed by atoms with Crippen LogP contribution in [0.2, 0.25) is 0 Å². The van der Waals surface area contributed by atoms with E-state index in [0.29, 0.717) is 18.0 Å².